The van der Waals surface area contributed by atoms with Crippen molar-refractivity contribution in [3.05, 3.63) is 34.3 Å². The SMILES string of the molecule is CCc1c(C)nn2c(N)c(C#N)c(NCCc3cc(C)n(C4COCC4CO)n3)nc12. The molecule has 1 aliphatic rings. The number of nitriles is 1. The highest BCUT2D eigenvalue weighted by atomic mass is 16.5. The number of aliphatic hydroxyl groups is 1. The first-order chi connectivity index (χ1) is 15.0. The van der Waals surface area contributed by atoms with Gasteiger partial charge in [-0.05, 0) is 26.3 Å². The molecule has 0 spiro atoms. The number of nitrogens with two attached hydrogens (primary N) is 1. The van der Waals surface area contributed by atoms with E-state index in [1.54, 1.807) is 4.52 Å². The summed E-state index contributed by atoms with van der Waals surface area (Å²) < 4.78 is 9.02. The van der Waals surface area contributed by atoms with Crippen LogP contribution in [0.4, 0.5) is 11.6 Å². The largest absolute Gasteiger partial charge is 0.396 e. The molecule has 0 aromatic carbocycles. The molecule has 3 aromatic rings. The summed E-state index contributed by atoms with van der Waals surface area (Å²) in [6.45, 7) is 7.72. The fourth-order valence-corrected chi connectivity index (χ4v) is 4.22. The van der Waals surface area contributed by atoms with Crippen LogP contribution in [0.15, 0.2) is 6.07 Å². The van der Waals surface area contributed by atoms with E-state index >= 15 is 0 Å². The molecule has 0 aliphatic carbocycles. The summed E-state index contributed by atoms with van der Waals surface area (Å²) in [5.41, 5.74) is 11.0. The van der Waals surface area contributed by atoms with E-state index in [-0.39, 0.29) is 29.9 Å². The second-order valence-corrected chi connectivity index (χ2v) is 7.93. The number of rotatable bonds is 7. The molecule has 0 saturated carbocycles. The molecule has 164 valence electrons. The summed E-state index contributed by atoms with van der Waals surface area (Å²) in [6, 6.07) is 4.24. The fourth-order valence-electron chi connectivity index (χ4n) is 4.22. The Morgan fingerprint density at radius 1 is 1.35 bits per heavy atom. The summed E-state index contributed by atoms with van der Waals surface area (Å²) in [6.07, 6.45) is 1.44. The average molecular weight is 425 g/mol. The van der Waals surface area contributed by atoms with Crippen LogP contribution < -0.4 is 11.1 Å². The predicted molar refractivity (Wildman–Crippen MR) is 116 cm³/mol. The van der Waals surface area contributed by atoms with Gasteiger partial charge in [-0.25, -0.2) is 4.98 Å². The van der Waals surface area contributed by atoms with E-state index in [9.17, 15) is 10.4 Å². The van der Waals surface area contributed by atoms with Gasteiger partial charge < -0.3 is 20.9 Å². The van der Waals surface area contributed by atoms with Crippen molar-refractivity contribution in [2.45, 2.75) is 39.7 Å². The van der Waals surface area contributed by atoms with Crippen LogP contribution in [-0.2, 0) is 17.6 Å². The van der Waals surface area contributed by atoms with Gasteiger partial charge in [-0.3, -0.25) is 4.68 Å². The Morgan fingerprint density at radius 2 is 2.16 bits per heavy atom. The molecule has 4 N–H and O–H groups in total. The number of hydrogen-bond acceptors (Lipinski definition) is 8. The summed E-state index contributed by atoms with van der Waals surface area (Å²) in [5, 5.41) is 31.6. The molecule has 2 atom stereocenters. The second kappa shape index (κ2) is 8.53. The first-order valence-electron chi connectivity index (χ1n) is 10.5. The van der Waals surface area contributed by atoms with Crippen LogP contribution in [0.25, 0.3) is 5.65 Å². The van der Waals surface area contributed by atoms with Crippen molar-refractivity contribution in [3.63, 3.8) is 0 Å². The molecular formula is C21H28N8O2. The average Bonchev–Trinajstić information content (AvgIpc) is 3.44. The van der Waals surface area contributed by atoms with Gasteiger partial charge in [-0.15, -0.1) is 0 Å². The smallest absolute Gasteiger partial charge is 0.163 e. The molecule has 0 amide bonds. The highest BCUT2D eigenvalue weighted by Gasteiger charge is 2.30. The zero-order valence-corrected chi connectivity index (χ0v) is 18.1. The molecule has 0 bridgehead atoms. The van der Waals surface area contributed by atoms with Crippen molar-refractivity contribution < 1.29 is 9.84 Å². The molecule has 10 nitrogen and oxygen atoms in total. The van der Waals surface area contributed by atoms with Gasteiger partial charge >= 0.3 is 0 Å². The zero-order valence-electron chi connectivity index (χ0n) is 18.1. The highest BCUT2D eigenvalue weighted by molar-refractivity contribution is 5.69. The monoisotopic (exact) mass is 424 g/mol. The number of nitrogens with one attached hydrogen (secondary N) is 1. The van der Waals surface area contributed by atoms with E-state index in [0.29, 0.717) is 37.6 Å². The van der Waals surface area contributed by atoms with Gasteiger partial charge in [-0.2, -0.15) is 20.0 Å². The Hall–Kier alpha value is -3.16. The topological polar surface area (TPSA) is 139 Å². The summed E-state index contributed by atoms with van der Waals surface area (Å²) >= 11 is 0. The number of anilines is 2. The van der Waals surface area contributed by atoms with Crippen LogP contribution in [0, 0.1) is 31.1 Å². The van der Waals surface area contributed by atoms with Gasteiger partial charge in [0.1, 0.15) is 23.3 Å². The summed E-state index contributed by atoms with van der Waals surface area (Å²) in [7, 11) is 0. The van der Waals surface area contributed by atoms with Crippen molar-refractivity contribution >= 4 is 17.3 Å². The number of nitrogen functional groups attached to an aromatic ring is 1. The van der Waals surface area contributed by atoms with E-state index in [1.165, 1.54) is 0 Å². The Balaban J connectivity index is 1.53. The molecule has 0 radical (unpaired) electrons. The van der Waals surface area contributed by atoms with Crippen LogP contribution in [-0.4, -0.2) is 55.9 Å². The van der Waals surface area contributed by atoms with Crippen molar-refractivity contribution in [2.24, 2.45) is 5.92 Å². The quantitative estimate of drug-likeness (QED) is 0.517. The highest BCUT2D eigenvalue weighted by Crippen LogP contribution is 2.27. The Labute approximate surface area is 180 Å². The molecule has 4 rings (SSSR count). The van der Waals surface area contributed by atoms with E-state index in [4.69, 9.17) is 15.6 Å². The minimum absolute atomic E-state index is 0.0540. The zero-order chi connectivity index (χ0) is 22.1. The van der Waals surface area contributed by atoms with Gasteiger partial charge in [0.25, 0.3) is 0 Å². The minimum atomic E-state index is 0.0540. The number of nitrogens with zero attached hydrogens (tertiary/aromatic N) is 6. The van der Waals surface area contributed by atoms with Crippen LogP contribution in [0.3, 0.4) is 0 Å². The standard InChI is InChI=1S/C21H28N8O2/c1-4-16-13(3)26-29-19(23)17(8-22)20(25-21(16)29)24-6-5-15-7-12(2)28(27-15)18-11-31-10-14(18)9-30/h7,14,18,30H,4-6,9-11,23H2,1-3H3,(H,24,25). The lowest BCUT2D eigenvalue weighted by molar-refractivity contribution is 0.160. The van der Waals surface area contributed by atoms with E-state index in [1.807, 2.05) is 31.5 Å². The Kier molecular flexibility index (Phi) is 5.80. The molecule has 1 fully saturated rings. The van der Waals surface area contributed by atoms with Crippen molar-refractivity contribution in [3.8, 4) is 6.07 Å². The van der Waals surface area contributed by atoms with E-state index in [0.717, 1.165) is 29.1 Å². The Bertz CT molecular complexity index is 1140. The van der Waals surface area contributed by atoms with Crippen molar-refractivity contribution in [2.75, 3.05) is 37.4 Å². The lowest BCUT2D eigenvalue weighted by atomic mass is 10.1. The third-order valence-electron chi connectivity index (χ3n) is 5.92. The summed E-state index contributed by atoms with van der Waals surface area (Å²) in [4.78, 5) is 4.65. The maximum absolute atomic E-state index is 9.62. The predicted octanol–water partition coefficient (Wildman–Crippen LogP) is 1.39. The third-order valence-corrected chi connectivity index (χ3v) is 5.92. The first kappa shape index (κ1) is 21.1. The molecule has 2 unspecified atom stereocenters. The van der Waals surface area contributed by atoms with E-state index < -0.39 is 0 Å². The molecule has 10 heteroatoms. The molecule has 4 heterocycles. The third kappa shape index (κ3) is 3.71. The Morgan fingerprint density at radius 3 is 2.87 bits per heavy atom. The van der Waals surface area contributed by atoms with Gasteiger partial charge in [0, 0.05) is 30.1 Å². The fraction of sp³-hybridized carbons (Fsp3) is 0.524. The van der Waals surface area contributed by atoms with Crippen LogP contribution >= 0.6 is 0 Å². The number of ether oxygens (including phenoxy) is 1. The van der Waals surface area contributed by atoms with Crippen LogP contribution in [0.2, 0.25) is 0 Å². The maximum atomic E-state index is 9.62. The normalized spacial score (nSPS) is 18.5. The van der Waals surface area contributed by atoms with Gasteiger partial charge in [0.2, 0.25) is 0 Å². The van der Waals surface area contributed by atoms with Gasteiger partial charge in [-0.1, -0.05) is 6.92 Å². The van der Waals surface area contributed by atoms with Crippen LogP contribution in [0.1, 0.15) is 41.2 Å². The first-order valence-corrected chi connectivity index (χ1v) is 10.5. The van der Waals surface area contributed by atoms with E-state index in [2.05, 4.69) is 21.5 Å². The summed E-state index contributed by atoms with van der Waals surface area (Å²) in [5.74, 6) is 0.811. The number of hydrogen-bond donors (Lipinski definition) is 3. The van der Waals surface area contributed by atoms with Crippen molar-refractivity contribution in [1.82, 2.24) is 24.4 Å². The molecule has 31 heavy (non-hydrogen) atoms. The maximum Gasteiger partial charge on any atom is 0.163 e. The lowest BCUT2D eigenvalue weighted by Crippen LogP contribution is -2.22. The van der Waals surface area contributed by atoms with Gasteiger partial charge in [0.15, 0.2) is 5.65 Å². The van der Waals surface area contributed by atoms with Crippen molar-refractivity contribution in [1.29, 1.82) is 5.26 Å². The molecule has 3 aromatic heterocycles. The second-order valence-electron chi connectivity index (χ2n) is 7.93. The number of fused-ring (bicyclic) bond motifs is 1. The molecule has 1 saturated heterocycles. The van der Waals surface area contributed by atoms with Crippen LogP contribution in [0.5, 0.6) is 0 Å². The number of aryl methyl sites for hydroxylation is 3. The number of aromatic nitrogens is 5. The number of aliphatic hydroxyl groups excluding tert-OH is 1. The lowest BCUT2D eigenvalue weighted by Gasteiger charge is -2.17. The molecule has 1 aliphatic heterocycles. The molecular weight excluding hydrogens is 396 g/mol. The minimum Gasteiger partial charge on any atom is -0.396 e. The van der Waals surface area contributed by atoms with Gasteiger partial charge in [0.05, 0.1) is 37.3 Å².